The van der Waals surface area contributed by atoms with Crippen molar-refractivity contribution in [1.29, 1.82) is 0 Å². The van der Waals surface area contributed by atoms with Gasteiger partial charge in [0.25, 0.3) is 0 Å². The summed E-state index contributed by atoms with van der Waals surface area (Å²) < 4.78 is 34.9. The third kappa shape index (κ3) is 6.69. The van der Waals surface area contributed by atoms with Crippen LogP contribution in [-0.2, 0) is 33.2 Å². The molecule has 0 radical (unpaired) electrons. The Hall–Kier alpha value is -1.43. The van der Waals surface area contributed by atoms with Crippen LogP contribution in [0.25, 0.3) is 0 Å². The van der Waals surface area contributed by atoms with Gasteiger partial charge in [-0.25, -0.2) is 0 Å². The van der Waals surface area contributed by atoms with Crippen LogP contribution in [0.5, 0.6) is 0 Å². The third-order valence-electron chi connectivity index (χ3n) is 15.0. The zero-order valence-corrected chi connectivity index (χ0v) is 31.8. The molecular weight excluding hydrogens is 744 g/mol. The molecule has 3 aliphatic heterocycles. The number of hydrogen-bond acceptors (Lipinski definition) is 18. The van der Waals surface area contributed by atoms with E-state index in [1.54, 1.807) is 0 Å². The molecule has 0 amide bonds. The first-order valence-electron chi connectivity index (χ1n) is 19.9. The SMILES string of the molecule is C=C1C[C@@]23CC[C@H]4[C@@](C)(CCC[C@@]4(C)C(=O)O[C@@H]4OC(CO)[C@@H](O[C@@H]5OC(CO)[C@@H](O)C(O)C5O)C(O)C4O)[C@@H]2CC[C@]1(O[C@@H]1OC(CO)[C@H](O)C(O)C1O)C3. The molecular formula is C38H60O18. The maximum atomic E-state index is 14.3. The van der Waals surface area contributed by atoms with Crippen molar-refractivity contribution in [2.45, 2.75) is 169 Å². The first kappa shape index (κ1) is 42.7. The number of fused-ring (bicyclic) bond motifs is 3. The largest absolute Gasteiger partial charge is 0.432 e. The van der Waals surface area contributed by atoms with E-state index >= 15 is 0 Å². The second kappa shape index (κ2) is 15.6. The molecule has 0 aromatic carbocycles. The van der Waals surface area contributed by atoms with Gasteiger partial charge in [0.05, 0.1) is 30.8 Å². The monoisotopic (exact) mass is 804 g/mol. The van der Waals surface area contributed by atoms with Crippen LogP contribution in [0.3, 0.4) is 0 Å². The highest BCUT2D eigenvalue weighted by Gasteiger charge is 2.69. The molecule has 56 heavy (non-hydrogen) atoms. The number of aliphatic hydroxyl groups is 11. The lowest BCUT2D eigenvalue weighted by Gasteiger charge is -2.64. The second-order valence-corrected chi connectivity index (χ2v) is 18.0. The highest BCUT2D eigenvalue weighted by molar-refractivity contribution is 5.77. The second-order valence-electron chi connectivity index (χ2n) is 18.0. The molecule has 4 saturated carbocycles. The molecule has 4 aliphatic carbocycles. The summed E-state index contributed by atoms with van der Waals surface area (Å²) in [6.45, 7) is 6.43. The van der Waals surface area contributed by atoms with E-state index in [1.165, 1.54) is 0 Å². The summed E-state index contributed by atoms with van der Waals surface area (Å²) in [7, 11) is 0. The van der Waals surface area contributed by atoms with Gasteiger partial charge >= 0.3 is 5.97 Å². The highest BCUT2D eigenvalue weighted by atomic mass is 16.8. The lowest BCUT2D eigenvalue weighted by Crippen LogP contribution is -2.65. The van der Waals surface area contributed by atoms with Crippen LogP contribution < -0.4 is 0 Å². The topological polar surface area (TPSA) is 295 Å². The van der Waals surface area contributed by atoms with Crippen LogP contribution in [0.1, 0.15) is 71.6 Å². The Labute approximate surface area is 324 Å². The van der Waals surface area contributed by atoms with Gasteiger partial charge in [0.2, 0.25) is 6.29 Å². The van der Waals surface area contributed by atoms with Crippen molar-refractivity contribution < 1.29 is 89.4 Å². The van der Waals surface area contributed by atoms with Crippen LogP contribution in [0, 0.1) is 28.1 Å². The molecule has 0 aromatic heterocycles. The Bertz CT molecular complexity index is 1450. The normalized spacial score (nSPS) is 54.6. The molecule has 21 atom stereocenters. The van der Waals surface area contributed by atoms with Gasteiger partial charge in [0.15, 0.2) is 12.6 Å². The molecule has 11 N–H and O–H groups in total. The third-order valence-corrected chi connectivity index (χ3v) is 15.0. The summed E-state index contributed by atoms with van der Waals surface area (Å²) in [4.78, 5) is 14.3. The van der Waals surface area contributed by atoms with E-state index in [1.807, 2.05) is 6.92 Å². The van der Waals surface area contributed by atoms with Crippen molar-refractivity contribution in [3.63, 3.8) is 0 Å². The van der Waals surface area contributed by atoms with E-state index in [9.17, 15) is 61.0 Å². The number of rotatable bonds is 9. The van der Waals surface area contributed by atoms with Crippen LogP contribution in [-0.4, -0.2) is 180 Å². The predicted molar refractivity (Wildman–Crippen MR) is 186 cm³/mol. The summed E-state index contributed by atoms with van der Waals surface area (Å²) in [6, 6.07) is 0. The standard InChI is InChI=1S/C38H60O18/c1-16-11-37-9-5-20-35(2,21(37)6-10-38(16,15-37)56-33-28(48)25(45)23(43)18(13-40)52-33)7-4-8-36(20,3)34(50)55-32-29(49)26(46)30(19(14-41)53-32)54-31-27(47)24(44)22(42)17(12-39)51-31/h17-33,39-49H,1,4-15H2,2-3H3/t17?,18?,19?,20-,21-,22+,23-,24?,25?,26?,27?,28?,29?,30+,31-,32-,33-,35+,36+,37+,38-/m0/s1. The number of aliphatic hydroxyl groups excluding tert-OH is 11. The molecule has 2 bridgehead atoms. The van der Waals surface area contributed by atoms with E-state index in [0.717, 1.165) is 24.8 Å². The van der Waals surface area contributed by atoms with E-state index in [0.29, 0.717) is 38.5 Å². The van der Waals surface area contributed by atoms with Crippen LogP contribution >= 0.6 is 0 Å². The summed E-state index contributed by atoms with van der Waals surface area (Å²) in [6.07, 6.45) is -17.6. The van der Waals surface area contributed by atoms with Gasteiger partial charge < -0.3 is 84.6 Å². The van der Waals surface area contributed by atoms with Crippen molar-refractivity contribution in [2.75, 3.05) is 19.8 Å². The number of esters is 1. The van der Waals surface area contributed by atoms with Gasteiger partial charge in [0.1, 0.15) is 73.2 Å². The van der Waals surface area contributed by atoms with Crippen LogP contribution in [0.2, 0.25) is 0 Å². The Morgan fingerprint density at radius 2 is 1.23 bits per heavy atom. The molecule has 7 fully saturated rings. The average Bonchev–Trinajstić information content (AvgIpc) is 3.37. The lowest BCUT2D eigenvalue weighted by molar-refractivity contribution is -0.356. The summed E-state index contributed by atoms with van der Waals surface area (Å²) in [5.41, 5.74) is -1.57. The zero-order chi connectivity index (χ0) is 40.7. The first-order valence-corrected chi connectivity index (χ1v) is 19.9. The van der Waals surface area contributed by atoms with Crippen molar-refractivity contribution in [1.82, 2.24) is 0 Å². The molecule has 320 valence electrons. The summed E-state index contributed by atoms with van der Waals surface area (Å²) in [5.74, 6) is -0.608. The van der Waals surface area contributed by atoms with Crippen molar-refractivity contribution in [2.24, 2.45) is 28.1 Å². The number of carbonyl (C=O) groups excluding carboxylic acids is 1. The average molecular weight is 805 g/mol. The van der Waals surface area contributed by atoms with E-state index < -0.39 is 129 Å². The Kier molecular flexibility index (Phi) is 11.9. The van der Waals surface area contributed by atoms with Gasteiger partial charge in [-0.15, -0.1) is 0 Å². The van der Waals surface area contributed by atoms with Gasteiger partial charge in [-0.2, -0.15) is 0 Å². The minimum Gasteiger partial charge on any atom is -0.432 e. The van der Waals surface area contributed by atoms with Crippen LogP contribution in [0.15, 0.2) is 12.2 Å². The Balaban J connectivity index is 1.04. The minimum atomic E-state index is -1.86. The maximum absolute atomic E-state index is 14.3. The summed E-state index contributed by atoms with van der Waals surface area (Å²) >= 11 is 0. The molecule has 7 aliphatic rings. The zero-order valence-electron chi connectivity index (χ0n) is 31.8. The van der Waals surface area contributed by atoms with E-state index in [-0.39, 0.29) is 22.7 Å². The van der Waals surface area contributed by atoms with Gasteiger partial charge in [-0.1, -0.05) is 19.9 Å². The van der Waals surface area contributed by atoms with E-state index in [4.69, 9.17) is 28.4 Å². The van der Waals surface area contributed by atoms with Crippen molar-refractivity contribution in [3.8, 4) is 0 Å². The molecule has 0 aromatic rings. The van der Waals surface area contributed by atoms with Crippen molar-refractivity contribution >= 4 is 5.97 Å². The molecule has 3 heterocycles. The predicted octanol–water partition coefficient (Wildman–Crippen LogP) is -2.94. The quantitative estimate of drug-likeness (QED) is 0.0631. The first-order chi connectivity index (χ1) is 26.4. The number of carbonyl (C=O) groups is 1. The summed E-state index contributed by atoms with van der Waals surface area (Å²) in [5, 5.41) is 114. The van der Waals surface area contributed by atoms with Gasteiger partial charge in [-0.3, -0.25) is 4.79 Å². The highest BCUT2D eigenvalue weighted by Crippen LogP contribution is 2.73. The molecule has 1 spiro atoms. The Morgan fingerprint density at radius 3 is 1.86 bits per heavy atom. The number of ether oxygens (including phenoxy) is 6. The Morgan fingerprint density at radius 1 is 0.679 bits per heavy atom. The minimum absolute atomic E-state index is 0.138. The van der Waals surface area contributed by atoms with Gasteiger partial charge in [-0.05, 0) is 86.5 Å². The number of hydrogen-bond donors (Lipinski definition) is 11. The molecule has 9 unspecified atom stereocenters. The van der Waals surface area contributed by atoms with E-state index in [2.05, 4.69) is 13.5 Å². The van der Waals surface area contributed by atoms with Crippen molar-refractivity contribution in [3.05, 3.63) is 12.2 Å². The fourth-order valence-electron chi connectivity index (χ4n) is 12.0. The molecule has 7 rings (SSSR count). The molecule has 18 heteroatoms. The molecule has 18 nitrogen and oxygen atoms in total. The van der Waals surface area contributed by atoms with Gasteiger partial charge in [0, 0.05) is 0 Å². The fourth-order valence-corrected chi connectivity index (χ4v) is 12.0. The smallest absolute Gasteiger partial charge is 0.314 e. The fraction of sp³-hybridized carbons (Fsp3) is 0.921. The lowest BCUT2D eigenvalue weighted by atomic mass is 9.41. The molecule has 3 saturated heterocycles. The van der Waals surface area contributed by atoms with Crippen LogP contribution in [0.4, 0.5) is 0 Å². The maximum Gasteiger partial charge on any atom is 0.314 e.